The van der Waals surface area contributed by atoms with Gasteiger partial charge in [-0.3, -0.25) is 15.0 Å². The first-order chi connectivity index (χ1) is 15.7. The molecule has 2 atom stereocenters. The van der Waals surface area contributed by atoms with Crippen LogP contribution >= 0.6 is 0 Å². The number of amides is 2. The van der Waals surface area contributed by atoms with Crippen LogP contribution in [0.5, 0.6) is 0 Å². The zero-order valence-electron chi connectivity index (χ0n) is 19.5. The number of sulfonamides is 1. The smallest absolute Gasteiger partial charge is 0.275 e. The molecule has 1 aliphatic rings. The summed E-state index contributed by atoms with van der Waals surface area (Å²) >= 11 is 0. The average Bonchev–Trinajstić information content (AvgIpc) is 2.78. The number of rotatable bonds is 12. The molecule has 0 spiro atoms. The quantitative estimate of drug-likeness (QED) is 0.312. The molecule has 0 saturated carbocycles. The van der Waals surface area contributed by atoms with Gasteiger partial charge in [-0.2, -0.15) is 0 Å². The highest BCUT2D eigenvalue weighted by Crippen LogP contribution is 2.21. The maximum Gasteiger partial charge on any atom is 0.275 e. The first-order valence-electron chi connectivity index (χ1n) is 11.3. The minimum Gasteiger partial charge on any atom is -0.350 e. The van der Waals surface area contributed by atoms with Gasteiger partial charge >= 0.3 is 0 Å². The Labute approximate surface area is 196 Å². The summed E-state index contributed by atoms with van der Waals surface area (Å²) in [6, 6.07) is 9.21. The zero-order chi connectivity index (χ0) is 24.3. The molecule has 3 N–H and O–H groups in total. The van der Waals surface area contributed by atoms with Crippen molar-refractivity contribution >= 4 is 27.4 Å². The van der Waals surface area contributed by atoms with Gasteiger partial charge in [-0.15, -0.1) is 4.83 Å². The molecule has 0 bridgehead atoms. The summed E-state index contributed by atoms with van der Waals surface area (Å²) in [4.78, 5) is 32.8. The minimum atomic E-state index is -3.55. The summed E-state index contributed by atoms with van der Waals surface area (Å²) in [6.45, 7) is 4.59. The molecule has 1 aliphatic heterocycles. The van der Waals surface area contributed by atoms with Gasteiger partial charge in [0.2, 0.25) is 15.9 Å². The molecule has 1 saturated heterocycles. The highest BCUT2D eigenvalue weighted by Gasteiger charge is 2.21. The minimum absolute atomic E-state index is 0.240. The van der Waals surface area contributed by atoms with Gasteiger partial charge in [-0.25, -0.2) is 18.7 Å². The van der Waals surface area contributed by atoms with Crippen LogP contribution in [0.15, 0.2) is 36.4 Å². The Morgan fingerprint density at radius 3 is 2.55 bits per heavy atom. The molecular formula is C23H35N3O6S. The number of nitrogens with one attached hydrogen (secondary N) is 3. The maximum absolute atomic E-state index is 12.9. The third kappa shape index (κ3) is 10.5. The molecule has 0 radical (unpaired) electrons. The van der Waals surface area contributed by atoms with Crippen LogP contribution in [0.1, 0.15) is 57.9 Å². The number of ether oxygens (including phenoxy) is 1. The number of allylic oxidation sites excluding steroid dienone is 1. The first kappa shape index (κ1) is 27.0. The predicted octanol–water partition coefficient (Wildman–Crippen LogP) is 2.67. The van der Waals surface area contributed by atoms with Gasteiger partial charge in [0, 0.05) is 24.5 Å². The van der Waals surface area contributed by atoms with Crippen LogP contribution in [0.25, 0.3) is 5.57 Å². The molecule has 33 heavy (non-hydrogen) atoms. The van der Waals surface area contributed by atoms with E-state index in [4.69, 9.17) is 9.57 Å². The summed E-state index contributed by atoms with van der Waals surface area (Å²) in [5.74, 6) is -0.962. The summed E-state index contributed by atoms with van der Waals surface area (Å²) in [6.07, 6.45) is 6.45. The fourth-order valence-electron chi connectivity index (χ4n) is 3.54. The topological polar surface area (TPSA) is 123 Å². The molecule has 184 valence electrons. The lowest BCUT2D eigenvalue weighted by molar-refractivity contribution is -0.198. The molecule has 1 heterocycles. The lowest BCUT2D eigenvalue weighted by Crippen LogP contribution is -2.44. The molecule has 2 unspecified atom stereocenters. The van der Waals surface area contributed by atoms with Crippen molar-refractivity contribution in [2.45, 2.75) is 58.7 Å². The average molecular weight is 482 g/mol. The SMILES string of the molecule is CC(C)CC(CCC=C(C(=O)NOC1CCCCO1)c1ccccc1)C(=O)NNS(C)(=O)=O. The van der Waals surface area contributed by atoms with E-state index in [9.17, 15) is 18.0 Å². The van der Waals surface area contributed by atoms with E-state index in [1.54, 1.807) is 6.08 Å². The lowest BCUT2D eigenvalue weighted by atomic mass is 9.91. The Bertz CT molecular complexity index is 896. The number of hydrazine groups is 1. The second-order valence-electron chi connectivity index (χ2n) is 8.60. The van der Waals surface area contributed by atoms with Gasteiger partial charge in [-0.05, 0) is 43.6 Å². The van der Waals surface area contributed by atoms with E-state index in [1.165, 1.54) is 0 Å². The van der Waals surface area contributed by atoms with Gasteiger partial charge in [-0.1, -0.05) is 50.3 Å². The van der Waals surface area contributed by atoms with Crippen molar-refractivity contribution < 1.29 is 27.6 Å². The van der Waals surface area contributed by atoms with E-state index >= 15 is 0 Å². The second-order valence-corrected chi connectivity index (χ2v) is 10.3. The summed E-state index contributed by atoms with van der Waals surface area (Å²) in [5, 5.41) is 0. The van der Waals surface area contributed by atoms with E-state index in [-0.39, 0.29) is 11.8 Å². The van der Waals surface area contributed by atoms with E-state index < -0.39 is 28.1 Å². The van der Waals surface area contributed by atoms with Gasteiger partial charge < -0.3 is 4.74 Å². The van der Waals surface area contributed by atoms with E-state index in [1.807, 2.05) is 49.0 Å². The van der Waals surface area contributed by atoms with Crippen LogP contribution in [0.4, 0.5) is 0 Å². The molecule has 1 aromatic rings. The number of benzene rings is 1. The Hall–Kier alpha value is -2.27. The van der Waals surface area contributed by atoms with Crippen molar-refractivity contribution in [2.24, 2.45) is 11.8 Å². The molecular weight excluding hydrogens is 446 g/mol. The molecule has 9 nitrogen and oxygen atoms in total. The third-order valence-electron chi connectivity index (χ3n) is 5.10. The molecule has 0 aromatic heterocycles. The standard InChI is InChI=1S/C23H35N3O6S/c1-17(2)16-19(22(27)24-26-33(3,29)30)12-9-13-20(18-10-5-4-6-11-18)23(28)25-32-21-14-7-8-15-31-21/h4-6,10-11,13,17,19,21,26H,7-9,12,14-16H2,1-3H3,(H,24,27)(H,25,28). The van der Waals surface area contributed by atoms with Crippen LogP contribution in [0.2, 0.25) is 0 Å². The Kier molecular flexibility index (Phi) is 11.0. The highest BCUT2D eigenvalue weighted by molar-refractivity contribution is 7.88. The van der Waals surface area contributed by atoms with Crippen LogP contribution < -0.4 is 15.7 Å². The Morgan fingerprint density at radius 2 is 1.94 bits per heavy atom. The summed E-state index contributed by atoms with van der Waals surface area (Å²) in [7, 11) is -3.55. The fourth-order valence-corrected chi connectivity index (χ4v) is 3.82. The van der Waals surface area contributed by atoms with E-state index in [0.29, 0.717) is 31.4 Å². The number of carbonyl (C=O) groups is 2. The van der Waals surface area contributed by atoms with Gasteiger partial charge in [0.25, 0.3) is 5.91 Å². The highest BCUT2D eigenvalue weighted by atomic mass is 32.2. The Balaban J connectivity index is 2.06. The second kappa shape index (κ2) is 13.4. The van der Waals surface area contributed by atoms with Gasteiger partial charge in [0.1, 0.15) is 0 Å². The summed E-state index contributed by atoms with van der Waals surface area (Å²) in [5.41, 5.74) is 5.92. The van der Waals surface area contributed by atoms with Crippen LogP contribution in [-0.4, -0.2) is 39.4 Å². The Morgan fingerprint density at radius 1 is 1.21 bits per heavy atom. The van der Waals surface area contributed by atoms with E-state index in [2.05, 4.69) is 10.9 Å². The lowest BCUT2D eigenvalue weighted by Gasteiger charge is -2.22. The van der Waals surface area contributed by atoms with Crippen molar-refractivity contribution in [1.29, 1.82) is 0 Å². The van der Waals surface area contributed by atoms with Crippen molar-refractivity contribution in [3.63, 3.8) is 0 Å². The number of hydroxylamine groups is 1. The summed E-state index contributed by atoms with van der Waals surface area (Å²) < 4.78 is 28.1. The predicted molar refractivity (Wildman–Crippen MR) is 126 cm³/mol. The number of carbonyl (C=O) groups excluding carboxylic acids is 2. The van der Waals surface area contributed by atoms with Crippen molar-refractivity contribution in [3.05, 3.63) is 42.0 Å². The number of hydrogen-bond acceptors (Lipinski definition) is 6. The molecule has 10 heteroatoms. The van der Waals surface area contributed by atoms with Crippen LogP contribution in [-0.2, 0) is 29.2 Å². The van der Waals surface area contributed by atoms with Crippen LogP contribution in [0.3, 0.4) is 0 Å². The molecule has 1 fully saturated rings. The van der Waals surface area contributed by atoms with Crippen molar-refractivity contribution in [2.75, 3.05) is 12.9 Å². The molecule has 2 rings (SSSR count). The first-order valence-corrected chi connectivity index (χ1v) is 13.1. The molecule has 1 aromatic carbocycles. The third-order valence-corrected chi connectivity index (χ3v) is 5.57. The zero-order valence-corrected chi connectivity index (χ0v) is 20.3. The number of hydrogen-bond donors (Lipinski definition) is 3. The van der Waals surface area contributed by atoms with Crippen LogP contribution in [0, 0.1) is 11.8 Å². The van der Waals surface area contributed by atoms with Gasteiger partial charge in [0.15, 0.2) is 6.29 Å². The molecule has 2 amide bonds. The molecule has 0 aliphatic carbocycles. The fraction of sp³-hybridized carbons (Fsp3) is 0.565. The monoisotopic (exact) mass is 481 g/mol. The largest absolute Gasteiger partial charge is 0.350 e. The van der Waals surface area contributed by atoms with E-state index in [0.717, 1.165) is 31.1 Å². The van der Waals surface area contributed by atoms with Crippen molar-refractivity contribution in [3.8, 4) is 0 Å². The normalized spacial score (nSPS) is 18.1. The maximum atomic E-state index is 12.9. The van der Waals surface area contributed by atoms with Gasteiger partial charge in [0.05, 0.1) is 6.26 Å². The van der Waals surface area contributed by atoms with Crippen molar-refractivity contribution in [1.82, 2.24) is 15.7 Å².